The molecule has 0 atom stereocenters. The molecule has 0 aliphatic carbocycles. The highest BCUT2D eigenvalue weighted by Gasteiger charge is 2.19. The predicted octanol–water partition coefficient (Wildman–Crippen LogP) is 2.04. The average molecular weight is 287 g/mol. The Labute approximate surface area is 120 Å². The second-order valence-corrected chi connectivity index (χ2v) is 4.22. The van der Waals surface area contributed by atoms with E-state index in [1.807, 2.05) is 0 Å². The molecule has 6 heteroatoms. The van der Waals surface area contributed by atoms with Crippen LogP contribution in [0, 0.1) is 0 Å². The molecule has 0 bridgehead atoms. The zero-order chi connectivity index (χ0) is 15.4. The highest BCUT2D eigenvalue weighted by molar-refractivity contribution is 6.37. The summed E-state index contributed by atoms with van der Waals surface area (Å²) in [7, 11) is 0. The minimum atomic E-state index is -1.19. The van der Waals surface area contributed by atoms with E-state index in [9.17, 15) is 19.5 Å². The summed E-state index contributed by atoms with van der Waals surface area (Å²) in [6.07, 6.45) is 0. The Balaban J connectivity index is 2.41. The van der Waals surface area contributed by atoms with E-state index in [1.165, 1.54) is 12.1 Å². The first-order chi connectivity index (χ1) is 10.0. The largest absolute Gasteiger partial charge is 0.478 e. The normalized spacial score (nSPS) is 10.1. The van der Waals surface area contributed by atoms with Gasteiger partial charge < -0.3 is 15.2 Å². The number of anilines is 1. The molecule has 0 saturated heterocycles. The summed E-state index contributed by atoms with van der Waals surface area (Å²) in [5.41, 5.74) is -0.0365. The molecule has 2 N–H and O–H groups in total. The molecule has 0 aliphatic heterocycles. The predicted molar refractivity (Wildman–Crippen MR) is 76.2 cm³/mol. The molecular weight excluding hydrogens is 274 g/mol. The van der Waals surface area contributed by atoms with Crippen molar-refractivity contribution in [2.45, 2.75) is 6.92 Å². The van der Waals surface area contributed by atoms with E-state index in [-0.39, 0.29) is 17.9 Å². The van der Waals surface area contributed by atoms with Gasteiger partial charge >= 0.3 is 17.8 Å². The van der Waals surface area contributed by atoms with Crippen molar-refractivity contribution in [3.63, 3.8) is 0 Å². The zero-order valence-corrected chi connectivity index (χ0v) is 11.3. The highest BCUT2D eigenvalue weighted by Crippen LogP contribution is 2.24. The number of ether oxygens (including phenoxy) is 1. The van der Waals surface area contributed by atoms with Gasteiger partial charge in [-0.15, -0.1) is 0 Å². The van der Waals surface area contributed by atoms with Crippen molar-refractivity contribution < 1.29 is 24.2 Å². The molecule has 2 aromatic rings. The third-order valence-electron chi connectivity index (χ3n) is 2.83. The Hall–Kier alpha value is -2.89. The number of amides is 1. The molecule has 0 spiro atoms. The van der Waals surface area contributed by atoms with Gasteiger partial charge in [-0.3, -0.25) is 4.79 Å². The standard InChI is InChI=1S/C15H13NO5/c1-2-21-15(20)13(17)16-12-8-10-6-4-3-5-9(10)7-11(12)14(18)19/h3-8H,2H2,1H3,(H,16,17)(H,18,19). The molecule has 0 saturated carbocycles. The van der Waals surface area contributed by atoms with Crippen LogP contribution in [-0.2, 0) is 14.3 Å². The van der Waals surface area contributed by atoms with Crippen LogP contribution in [-0.4, -0.2) is 29.6 Å². The van der Waals surface area contributed by atoms with Crippen LogP contribution in [0.4, 0.5) is 5.69 Å². The number of aromatic carboxylic acids is 1. The summed E-state index contributed by atoms with van der Waals surface area (Å²) >= 11 is 0. The summed E-state index contributed by atoms with van der Waals surface area (Å²) in [4.78, 5) is 34.2. The smallest absolute Gasteiger partial charge is 0.397 e. The van der Waals surface area contributed by atoms with Crippen molar-refractivity contribution in [3.8, 4) is 0 Å². The lowest BCUT2D eigenvalue weighted by molar-refractivity contribution is -0.152. The highest BCUT2D eigenvalue weighted by atomic mass is 16.5. The maximum Gasteiger partial charge on any atom is 0.397 e. The van der Waals surface area contributed by atoms with Crippen LogP contribution in [0.1, 0.15) is 17.3 Å². The van der Waals surface area contributed by atoms with Crippen LogP contribution in [0.3, 0.4) is 0 Å². The van der Waals surface area contributed by atoms with Crippen molar-refractivity contribution in [3.05, 3.63) is 42.0 Å². The number of carbonyl (C=O) groups excluding carboxylic acids is 2. The van der Waals surface area contributed by atoms with Crippen LogP contribution < -0.4 is 5.32 Å². The number of nitrogens with one attached hydrogen (secondary N) is 1. The van der Waals surface area contributed by atoms with Gasteiger partial charge in [-0.25, -0.2) is 9.59 Å². The van der Waals surface area contributed by atoms with Gasteiger partial charge in [-0.2, -0.15) is 0 Å². The van der Waals surface area contributed by atoms with Gasteiger partial charge in [0.25, 0.3) is 0 Å². The van der Waals surface area contributed by atoms with Gasteiger partial charge in [0.05, 0.1) is 17.9 Å². The molecule has 0 radical (unpaired) electrons. The number of rotatable bonds is 3. The fourth-order valence-corrected chi connectivity index (χ4v) is 1.89. The lowest BCUT2D eigenvalue weighted by atomic mass is 10.0. The summed E-state index contributed by atoms with van der Waals surface area (Å²) in [6, 6.07) is 10.1. The number of hydrogen-bond acceptors (Lipinski definition) is 4. The number of carboxylic acids is 1. The van der Waals surface area contributed by atoms with Crippen LogP contribution in [0.15, 0.2) is 36.4 Å². The van der Waals surface area contributed by atoms with Crippen LogP contribution in [0.5, 0.6) is 0 Å². The first-order valence-corrected chi connectivity index (χ1v) is 6.27. The Morgan fingerprint density at radius 3 is 2.33 bits per heavy atom. The van der Waals surface area contributed by atoms with Crippen LogP contribution in [0.25, 0.3) is 10.8 Å². The maximum absolute atomic E-state index is 11.6. The van der Waals surface area contributed by atoms with E-state index in [1.54, 1.807) is 31.2 Å². The number of carbonyl (C=O) groups is 3. The van der Waals surface area contributed by atoms with Crippen molar-refractivity contribution in [1.29, 1.82) is 0 Å². The minimum absolute atomic E-state index is 0.0549. The SMILES string of the molecule is CCOC(=O)C(=O)Nc1cc2ccccc2cc1C(=O)O. The molecule has 0 heterocycles. The number of hydrogen-bond donors (Lipinski definition) is 2. The molecule has 2 aromatic carbocycles. The summed E-state index contributed by atoms with van der Waals surface area (Å²) in [6.45, 7) is 1.64. The number of fused-ring (bicyclic) bond motifs is 1. The van der Waals surface area contributed by atoms with Gasteiger partial charge in [0, 0.05) is 0 Å². The van der Waals surface area contributed by atoms with Gasteiger partial charge in [0.15, 0.2) is 0 Å². The molecule has 2 rings (SSSR count). The van der Waals surface area contributed by atoms with E-state index < -0.39 is 17.8 Å². The molecule has 21 heavy (non-hydrogen) atoms. The van der Waals surface area contributed by atoms with E-state index in [0.717, 1.165) is 10.8 Å². The monoisotopic (exact) mass is 287 g/mol. The van der Waals surface area contributed by atoms with Crippen molar-refractivity contribution >= 4 is 34.3 Å². The Kier molecular flexibility index (Phi) is 4.18. The van der Waals surface area contributed by atoms with Crippen LogP contribution in [0.2, 0.25) is 0 Å². The van der Waals surface area contributed by atoms with Crippen molar-refractivity contribution in [1.82, 2.24) is 0 Å². The van der Waals surface area contributed by atoms with E-state index in [0.29, 0.717) is 0 Å². The van der Waals surface area contributed by atoms with Gasteiger partial charge in [0.2, 0.25) is 0 Å². The van der Waals surface area contributed by atoms with E-state index in [2.05, 4.69) is 10.1 Å². The lowest BCUT2D eigenvalue weighted by Crippen LogP contribution is -2.26. The lowest BCUT2D eigenvalue weighted by Gasteiger charge is -2.09. The molecule has 1 amide bonds. The summed E-state index contributed by atoms with van der Waals surface area (Å²) < 4.78 is 4.57. The quantitative estimate of drug-likeness (QED) is 0.665. The van der Waals surface area contributed by atoms with E-state index in [4.69, 9.17) is 0 Å². The Bertz CT molecular complexity index is 723. The second-order valence-electron chi connectivity index (χ2n) is 4.22. The third kappa shape index (κ3) is 3.17. The fraction of sp³-hybridized carbons (Fsp3) is 0.133. The molecule has 6 nitrogen and oxygen atoms in total. The third-order valence-corrected chi connectivity index (χ3v) is 2.83. The number of esters is 1. The summed E-state index contributed by atoms with van der Waals surface area (Å²) in [5.74, 6) is -3.25. The molecule has 0 fully saturated rings. The zero-order valence-electron chi connectivity index (χ0n) is 11.3. The van der Waals surface area contributed by atoms with E-state index >= 15 is 0 Å². The minimum Gasteiger partial charge on any atom is -0.478 e. The Morgan fingerprint density at radius 1 is 1.14 bits per heavy atom. The molecule has 0 aromatic heterocycles. The fourth-order valence-electron chi connectivity index (χ4n) is 1.89. The second kappa shape index (κ2) is 6.04. The molecule has 0 aliphatic rings. The van der Waals surface area contributed by atoms with Crippen LogP contribution >= 0.6 is 0 Å². The van der Waals surface area contributed by atoms with Gasteiger partial charge in [-0.05, 0) is 29.8 Å². The van der Waals surface area contributed by atoms with Gasteiger partial charge in [0.1, 0.15) is 0 Å². The van der Waals surface area contributed by atoms with Crippen molar-refractivity contribution in [2.24, 2.45) is 0 Å². The van der Waals surface area contributed by atoms with Gasteiger partial charge in [-0.1, -0.05) is 24.3 Å². The molecule has 108 valence electrons. The first-order valence-electron chi connectivity index (χ1n) is 6.27. The number of benzene rings is 2. The molecule has 0 unspecified atom stereocenters. The average Bonchev–Trinajstić information content (AvgIpc) is 2.46. The summed E-state index contributed by atoms with van der Waals surface area (Å²) in [5, 5.41) is 13.0. The Morgan fingerprint density at radius 2 is 1.76 bits per heavy atom. The molecular formula is C15H13NO5. The number of carboxylic acid groups (broad SMARTS) is 1. The maximum atomic E-state index is 11.6. The topological polar surface area (TPSA) is 92.7 Å². The van der Waals surface area contributed by atoms with Crippen molar-refractivity contribution in [2.75, 3.05) is 11.9 Å². The first kappa shape index (κ1) is 14.5.